The first-order valence-corrected chi connectivity index (χ1v) is 13.1. The van der Waals surface area contributed by atoms with Crippen molar-refractivity contribution >= 4 is 33.9 Å². The van der Waals surface area contributed by atoms with Gasteiger partial charge in [0, 0.05) is 51.6 Å². The molecule has 9 heteroatoms. The Labute approximate surface area is 215 Å². The van der Waals surface area contributed by atoms with Crippen LogP contribution < -0.4 is 0 Å². The van der Waals surface area contributed by atoms with Gasteiger partial charge in [0.25, 0.3) is 0 Å². The number of fused-ring (bicyclic) bond motifs is 1. The van der Waals surface area contributed by atoms with Crippen molar-refractivity contribution in [2.75, 3.05) is 32.7 Å². The van der Waals surface area contributed by atoms with E-state index in [1.807, 2.05) is 18.2 Å². The minimum Gasteiger partial charge on any atom is -0.459 e. The molecule has 1 fully saturated rings. The predicted octanol–water partition coefficient (Wildman–Crippen LogP) is 4.37. The summed E-state index contributed by atoms with van der Waals surface area (Å²) in [7, 11) is 0. The van der Waals surface area contributed by atoms with E-state index >= 15 is 0 Å². The molecule has 3 aromatic rings. The lowest BCUT2D eigenvalue weighted by molar-refractivity contribution is 0.132. The molecular formula is C27H29N7OS. The van der Waals surface area contributed by atoms with Crippen molar-refractivity contribution < 1.29 is 4.74 Å². The summed E-state index contributed by atoms with van der Waals surface area (Å²) in [6.07, 6.45) is 5.97. The maximum Gasteiger partial charge on any atom is 0.316 e. The SMILES string of the molecule is CCN1CCN(Cc2ccc(COC3=NC(C(C#N)c4nc5cccnc5s4)=CCC=N3)cc2)CC1. The minimum absolute atomic E-state index is 0.260. The normalized spacial score (nSPS) is 17.8. The van der Waals surface area contributed by atoms with E-state index in [0.29, 0.717) is 23.7 Å². The third-order valence-electron chi connectivity index (χ3n) is 6.42. The second-order valence-corrected chi connectivity index (χ2v) is 9.84. The molecule has 0 N–H and O–H groups in total. The molecule has 0 aliphatic carbocycles. The summed E-state index contributed by atoms with van der Waals surface area (Å²) in [5, 5.41) is 10.6. The van der Waals surface area contributed by atoms with Gasteiger partial charge in [0.05, 0.1) is 11.8 Å². The fraction of sp³-hybridized carbons (Fsp3) is 0.370. The smallest absolute Gasteiger partial charge is 0.316 e. The van der Waals surface area contributed by atoms with Gasteiger partial charge in [-0.15, -0.1) is 0 Å². The minimum atomic E-state index is -0.594. The summed E-state index contributed by atoms with van der Waals surface area (Å²) in [5.74, 6) is -0.594. The fourth-order valence-electron chi connectivity index (χ4n) is 4.31. The highest BCUT2D eigenvalue weighted by molar-refractivity contribution is 7.18. The first-order valence-electron chi connectivity index (χ1n) is 12.3. The zero-order valence-corrected chi connectivity index (χ0v) is 21.2. The lowest BCUT2D eigenvalue weighted by Gasteiger charge is -2.34. The standard InChI is InChI=1S/C27H29N7OS/c1-2-33-13-15-34(16-14-33)18-20-7-9-21(10-8-20)19-35-27-30-12-3-5-23(32-27)22(17-28)25-31-24-6-4-11-29-26(24)36-25/h4-12,22H,2-3,13-16,18-19H2,1H3. The van der Waals surface area contributed by atoms with Gasteiger partial charge >= 0.3 is 6.02 Å². The summed E-state index contributed by atoms with van der Waals surface area (Å²) in [6, 6.07) is 14.9. The molecule has 2 aromatic heterocycles. The summed E-state index contributed by atoms with van der Waals surface area (Å²) in [5.41, 5.74) is 3.75. The van der Waals surface area contributed by atoms with Crippen LogP contribution in [0.4, 0.5) is 0 Å². The molecule has 8 nitrogen and oxygen atoms in total. The lowest BCUT2D eigenvalue weighted by Crippen LogP contribution is -2.45. The Bertz CT molecular complexity index is 1280. The molecule has 0 spiro atoms. The number of amidine groups is 1. The van der Waals surface area contributed by atoms with Crippen molar-refractivity contribution in [1.29, 1.82) is 5.26 Å². The van der Waals surface area contributed by atoms with E-state index < -0.39 is 5.92 Å². The van der Waals surface area contributed by atoms with E-state index in [-0.39, 0.29) is 6.02 Å². The van der Waals surface area contributed by atoms with Crippen LogP contribution in [0.2, 0.25) is 0 Å². The van der Waals surface area contributed by atoms with Gasteiger partial charge < -0.3 is 9.64 Å². The fourth-order valence-corrected chi connectivity index (χ4v) is 5.27. The quantitative estimate of drug-likeness (QED) is 0.480. The van der Waals surface area contributed by atoms with Crippen molar-refractivity contribution in [1.82, 2.24) is 19.8 Å². The highest BCUT2D eigenvalue weighted by atomic mass is 32.1. The number of hydrogen-bond donors (Lipinski definition) is 0. The van der Waals surface area contributed by atoms with Gasteiger partial charge in [-0.05, 0) is 29.8 Å². The molecule has 0 bridgehead atoms. The number of aromatic nitrogens is 2. The van der Waals surface area contributed by atoms with Gasteiger partial charge in [-0.25, -0.2) is 15.0 Å². The van der Waals surface area contributed by atoms with Crippen molar-refractivity contribution in [3.05, 3.63) is 70.5 Å². The Morgan fingerprint density at radius 3 is 2.61 bits per heavy atom. The number of likely N-dealkylation sites (N-methyl/N-ethyl adjacent to an activating group) is 1. The molecule has 1 aromatic carbocycles. The van der Waals surface area contributed by atoms with E-state index in [1.54, 1.807) is 12.4 Å². The van der Waals surface area contributed by atoms with Gasteiger partial charge in [0.2, 0.25) is 0 Å². The number of nitriles is 1. The largest absolute Gasteiger partial charge is 0.459 e. The monoisotopic (exact) mass is 499 g/mol. The summed E-state index contributed by atoms with van der Waals surface area (Å²) in [4.78, 5) is 23.7. The van der Waals surface area contributed by atoms with Crippen LogP contribution in [0.3, 0.4) is 0 Å². The maximum atomic E-state index is 9.91. The first kappa shape index (κ1) is 24.3. The van der Waals surface area contributed by atoms with Crippen LogP contribution in [0.1, 0.15) is 35.4 Å². The molecule has 36 heavy (non-hydrogen) atoms. The molecule has 1 saturated heterocycles. The highest BCUT2D eigenvalue weighted by Crippen LogP contribution is 2.32. The number of allylic oxidation sites excluding steroid dienone is 2. The number of thiazole rings is 1. The van der Waals surface area contributed by atoms with Gasteiger partial charge in [0.15, 0.2) is 0 Å². The van der Waals surface area contributed by atoms with Crippen LogP contribution in [-0.2, 0) is 17.9 Å². The molecule has 0 radical (unpaired) electrons. The third-order valence-corrected chi connectivity index (χ3v) is 7.47. The van der Waals surface area contributed by atoms with Gasteiger partial charge in [-0.2, -0.15) is 10.3 Å². The molecule has 184 valence electrons. The van der Waals surface area contributed by atoms with E-state index in [1.165, 1.54) is 16.9 Å². The van der Waals surface area contributed by atoms with Crippen LogP contribution in [0.5, 0.6) is 0 Å². The van der Waals surface area contributed by atoms with Crippen molar-refractivity contribution in [2.45, 2.75) is 32.4 Å². The molecule has 4 heterocycles. The Balaban J connectivity index is 1.21. The average Bonchev–Trinajstić information content (AvgIpc) is 3.20. The second kappa shape index (κ2) is 11.5. The lowest BCUT2D eigenvalue weighted by atomic mass is 10.1. The van der Waals surface area contributed by atoms with E-state index in [9.17, 15) is 5.26 Å². The van der Waals surface area contributed by atoms with E-state index in [0.717, 1.165) is 55.2 Å². The van der Waals surface area contributed by atoms with Crippen LogP contribution >= 0.6 is 11.3 Å². The number of pyridine rings is 1. The van der Waals surface area contributed by atoms with Crippen LogP contribution in [-0.4, -0.2) is 64.7 Å². The number of rotatable bonds is 7. The number of benzene rings is 1. The maximum absolute atomic E-state index is 9.91. The zero-order chi connectivity index (χ0) is 24.7. The van der Waals surface area contributed by atoms with Gasteiger partial charge in [-0.1, -0.05) is 48.6 Å². The van der Waals surface area contributed by atoms with Crippen LogP contribution in [0.15, 0.2) is 64.4 Å². The average molecular weight is 500 g/mol. The molecule has 0 saturated carbocycles. The Morgan fingerprint density at radius 2 is 1.86 bits per heavy atom. The third kappa shape index (κ3) is 5.85. The number of hydrogen-bond acceptors (Lipinski definition) is 9. The number of piperazine rings is 1. The number of nitrogens with zero attached hydrogens (tertiary/aromatic N) is 7. The first-order chi connectivity index (χ1) is 17.7. The molecule has 1 atom stereocenters. The van der Waals surface area contributed by atoms with E-state index in [2.05, 4.69) is 67.0 Å². The van der Waals surface area contributed by atoms with Crippen LogP contribution in [0, 0.1) is 11.3 Å². The van der Waals surface area contributed by atoms with Crippen molar-refractivity contribution in [3.63, 3.8) is 0 Å². The Kier molecular flexibility index (Phi) is 7.76. The topological polar surface area (TPSA) is 90.0 Å². The molecule has 2 aliphatic heterocycles. The Morgan fingerprint density at radius 1 is 1.08 bits per heavy atom. The zero-order valence-electron chi connectivity index (χ0n) is 20.4. The predicted molar refractivity (Wildman–Crippen MR) is 143 cm³/mol. The molecule has 5 rings (SSSR count). The summed E-state index contributed by atoms with van der Waals surface area (Å²) in [6.45, 7) is 9.20. The summed E-state index contributed by atoms with van der Waals surface area (Å²) >= 11 is 1.41. The van der Waals surface area contributed by atoms with Crippen LogP contribution in [0.25, 0.3) is 10.3 Å². The Hall–Kier alpha value is -3.45. The molecule has 0 amide bonds. The van der Waals surface area contributed by atoms with E-state index in [4.69, 9.17) is 4.74 Å². The van der Waals surface area contributed by atoms with Gasteiger partial charge in [0.1, 0.15) is 27.9 Å². The molecule has 2 aliphatic rings. The molecular weight excluding hydrogens is 470 g/mol. The molecule has 1 unspecified atom stereocenters. The van der Waals surface area contributed by atoms with Crippen molar-refractivity contribution in [3.8, 4) is 6.07 Å². The highest BCUT2D eigenvalue weighted by Gasteiger charge is 2.22. The summed E-state index contributed by atoms with van der Waals surface area (Å²) < 4.78 is 5.94. The second-order valence-electron chi connectivity index (χ2n) is 8.83. The number of ether oxygens (including phenoxy) is 1. The number of aliphatic imine (C=N–C) groups is 2. The van der Waals surface area contributed by atoms with Crippen molar-refractivity contribution in [2.24, 2.45) is 9.98 Å². The van der Waals surface area contributed by atoms with Gasteiger partial charge in [-0.3, -0.25) is 4.90 Å².